The molecule has 0 bridgehead atoms. The fourth-order valence-corrected chi connectivity index (χ4v) is 2.37. The number of carbonyl (C=O) groups is 2. The summed E-state index contributed by atoms with van der Waals surface area (Å²) in [5.41, 5.74) is 1.27. The van der Waals surface area contributed by atoms with Gasteiger partial charge in [-0.25, -0.2) is 14.6 Å². The number of aromatic nitrogens is 1. The predicted molar refractivity (Wildman–Crippen MR) is 81.2 cm³/mol. The molecule has 0 aliphatic heterocycles. The highest BCUT2D eigenvalue weighted by atomic mass is 32.2. The molecule has 0 fully saturated rings. The zero-order valence-corrected chi connectivity index (χ0v) is 13.0. The summed E-state index contributed by atoms with van der Waals surface area (Å²) >= 11 is 0.925. The number of ether oxygens (including phenoxy) is 2. The Hall–Kier alpha value is -2.28. The van der Waals surface area contributed by atoms with Crippen molar-refractivity contribution in [2.45, 2.75) is 19.1 Å². The SMILES string of the molecule is CCOC(=O)/C=C(\Sc1nc2ccccc2o1)C(=O)OCC. The van der Waals surface area contributed by atoms with Gasteiger partial charge < -0.3 is 13.9 Å². The van der Waals surface area contributed by atoms with E-state index in [-0.39, 0.29) is 23.3 Å². The van der Waals surface area contributed by atoms with Crippen LogP contribution in [0.1, 0.15) is 13.8 Å². The molecule has 0 radical (unpaired) electrons. The Labute approximate surface area is 131 Å². The van der Waals surface area contributed by atoms with Gasteiger partial charge in [0.15, 0.2) is 5.58 Å². The fraction of sp³-hybridized carbons (Fsp3) is 0.267. The minimum Gasteiger partial charge on any atom is -0.463 e. The summed E-state index contributed by atoms with van der Waals surface area (Å²) in [7, 11) is 0. The second-order valence-corrected chi connectivity index (χ2v) is 5.02. The van der Waals surface area contributed by atoms with E-state index in [0.29, 0.717) is 11.1 Å². The molecule has 1 heterocycles. The summed E-state index contributed by atoms with van der Waals surface area (Å²) in [6.45, 7) is 3.79. The van der Waals surface area contributed by atoms with Crippen LogP contribution in [0.15, 0.2) is 44.9 Å². The Morgan fingerprint density at radius 3 is 2.64 bits per heavy atom. The van der Waals surface area contributed by atoms with Crippen LogP contribution in [-0.2, 0) is 19.1 Å². The van der Waals surface area contributed by atoms with Gasteiger partial charge in [-0.1, -0.05) is 12.1 Å². The second kappa shape index (κ2) is 7.65. The van der Waals surface area contributed by atoms with E-state index in [4.69, 9.17) is 13.9 Å². The van der Waals surface area contributed by atoms with Gasteiger partial charge in [0.2, 0.25) is 0 Å². The Bertz CT molecular complexity index is 674. The van der Waals surface area contributed by atoms with Crippen molar-refractivity contribution in [3.05, 3.63) is 35.2 Å². The average Bonchev–Trinajstić information content (AvgIpc) is 2.89. The lowest BCUT2D eigenvalue weighted by molar-refractivity contribution is -0.140. The molecule has 1 aromatic heterocycles. The maximum absolute atomic E-state index is 11.9. The summed E-state index contributed by atoms with van der Waals surface area (Å²) in [4.78, 5) is 27.8. The van der Waals surface area contributed by atoms with Crippen LogP contribution in [-0.4, -0.2) is 30.1 Å². The van der Waals surface area contributed by atoms with Crippen LogP contribution in [0.5, 0.6) is 0 Å². The van der Waals surface area contributed by atoms with Crippen LogP contribution in [0.2, 0.25) is 0 Å². The number of hydrogen-bond donors (Lipinski definition) is 0. The topological polar surface area (TPSA) is 78.6 Å². The van der Waals surface area contributed by atoms with Gasteiger partial charge in [0.05, 0.1) is 13.2 Å². The molecule has 6 nitrogen and oxygen atoms in total. The van der Waals surface area contributed by atoms with Crippen molar-refractivity contribution < 1.29 is 23.5 Å². The number of thioether (sulfide) groups is 1. The molecule has 0 saturated carbocycles. The Kier molecular flexibility index (Phi) is 5.60. The number of para-hydroxylation sites is 2. The van der Waals surface area contributed by atoms with Crippen molar-refractivity contribution >= 4 is 34.8 Å². The third-order valence-corrected chi connectivity index (χ3v) is 3.34. The van der Waals surface area contributed by atoms with Gasteiger partial charge >= 0.3 is 11.9 Å². The molecule has 2 rings (SSSR count). The van der Waals surface area contributed by atoms with Gasteiger partial charge in [-0.2, -0.15) is 0 Å². The molecule has 116 valence electrons. The summed E-state index contributed by atoms with van der Waals surface area (Å²) in [6, 6.07) is 7.22. The number of nitrogens with zero attached hydrogens (tertiary/aromatic N) is 1. The minimum absolute atomic E-state index is 0.0619. The molecule has 2 aromatic rings. The summed E-state index contributed by atoms with van der Waals surface area (Å²) in [5, 5.41) is 0.254. The third-order valence-electron chi connectivity index (χ3n) is 2.48. The molecule has 0 spiro atoms. The van der Waals surface area contributed by atoms with Gasteiger partial charge in [0.1, 0.15) is 10.4 Å². The first-order chi connectivity index (χ1) is 10.6. The van der Waals surface area contributed by atoms with Crippen LogP contribution in [0, 0.1) is 0 Å². The summed E-state index contributed by atoms with van der Waals surface area (Å²) < 4.78 is 15.3. The van der Waals surface area contributed by atoms with Gasteiger partial charge in [0.25, 0.3) is 5.22 Å². The smallest absolute Gasteiger partial charge is 0.345 e. The van der Waals surface area contributed by atoms with Crippen molar-refractivity contribution in [2.75, 3.05) is 13.2 Å². The van der Waals surface area contributed by atoms with Gasteiger partial charge in [-0.15, -0.1) is 0 Å². The molecule has 0 amide bonds. The largest absolute Gasteiger partial charge is 0.463 e. The standard InChI is InChI=1S/C15H15NO5S/c1-3-19-13(17)9-12(14(18)20-4-2)22-15-16-10-7-5-6-8-11(10)21-15/h5-9H,3-4H2,1-2H3/b12-9-. The van der Waals surface area contributed by atoms with E-state index in [0.717, 1.165) is 17.8 Å². The number of carbonyl (C=O) groups excluding carboxylic acids is 2. The van der Waals surface area contributed by atoms with Crippen LogP contribution in [0.25, 0.3) is 11.1 Å². The number of rotatable bonds is 6. The molecular formula is C15H15NO5S. The van der Waals surface area contributed by atoms with Crippen molar-refractivity contribution in [2.24, 2.45) is 0 Å². The van der Waals surface area contributed by atoms with Crippen LogP contribution < -0.4 is 0 Å². The van der Waals surface area contributed by atoms with E-state index in [1.165, 1.54) is 0 Å². The molecule has 0 aliphatic carbocycles. The number of benzene rings is 1. The van der Waals surface area contributed by atoms with Crippen molar-refractivity contribution in [1.82, 2.24) is 4.98 Å². The maximum atomic E-state index is 11.9. The lowest BCUT2D eigenvalue weighted by Crippen LogP contribution is -2.09. The monoisotopic (exact) mass is 321 g/mol. The van der Waals surface area contributed by atoms with Gasteiger partial charge in [-0.05, 0) is 37.7 Å². The van der Waals surface area contributed by atoms with E-state index in [9.17, 15) is 9.59 Å². The molecule has 7 heteroatoms. The molecule has 1 aromatic carbocycles. The molecule has 0 N–H and O–H groups in total. The second-order valence-electron chi connectivity index (χ2n) is 4.03. The summed E-state index contributed by atoms with van der Waals surface area (Å²) in [5.74, 6) is -1.24. The zero-order chi connectivity index (χ0) is 15.9. The van der Waals surface area contributed by atoms with Crippen LogP contribution in [0.3, 0.4) is 0 Å². The number of esters is 2. The predicted octanol–water partition coefficient (Wildman–Crippen LogP) is 2.93. The lowest BCUT2D eigenvalue weighted by Gasteiger charge is -2.04. The Balaban J connectivity index is 2.24. The molecule has 0 unspecified atom stereocenters. The minimum atomic E-state index is -0.622. The van der Waals surface area contributed by atoms with Gasteiger partial charge in [-0.3, -0.25) is 0 Å². The highest BCUT2D eigenvalue weighted by molar-refractivity contribution is 8.03. The molecule has 0 atom stereocenters. The Morgan fingerprint density at radius 2 is 1.95 bits per heavy atom. The first-order valence-corrected chi connectivity index (χ1v) is 7.54. The first-order valence-electron chi connectivity index (χ1n) is 6.73. The van der Waals surface area contributed by atoms with E-state index >= 15 is 0 Å². The van der Waals surface area contributed by atoms with Crippen molar-refractivity contribution in [1.29, 1.82) is 0 Å². The number of fused-ring (bicyclic) bond motifs is 1. The quantitative estimate of drug-likeness (QED) is 0.460. The van der Waals surface area contributed by atoms with E-state index in [1.807, 2.05) is 12.1 Å². The number of hydrogen-bond acceptors (Lipinski definition) is 7. The van der Waals surface area contributed by atoms with Crippen LogP contribution >= 0.6 is 11.8 Å². The van der Waals surface area contributed by atoms with Crippen molar-refractivity contribution in [3.63, 3.8) is 0 Å². The molecule has 0 saturated heterocycles. The lowest BCUT2D eigenvalue weighted by atomic mass is 10.3. The van der Waals surface area contributed by atoms with Gasteiger partial charge in [0, 0.05) is 6.08 Å². The van der Waals surface area contributed by atoms with E-state index < -0.39 is 11.9 Å². The van der Waals surface area contributed by atoms with Crippen molar-refractivity contribution in [3.8, 4) is 0 Å². The molecule has 0 aliphatic rings. The highest BCUT2D eigenvalue weighted by Crippen LogP contribution is 2.29. The zero-order valence-electron chi connectivity index (χ0n) is 12.2. The first kappa shape index (κ1) is 16.1. The normalized spacial score (nSPS) is 11.5. The van der Waals surface area contributed by atoms with E-state index in [1.54, 1.807) is 26.0 Å². The summed E-state index contributed by atoms with van der Waals surface area (Å²) in [6.07, 6.45) is 1.08. The Morgan fingerprint density at radius 1 is 1.23 bits per heavy atom. The van der Waals surface area contributed by atoms with E-state index in [2.05, 4.69) is 4.98 Å². The average molecular weight is 321 g/mol. The third kappa shape index (κ3) is 4.11. The van der Waals surface area contributed by atoms with Crippen LogP contribution in [0.4, 0.5) is 0 Å². The molecular weight excluding hydrogens is 306 g/mol. The molecule has 22 heavy (non-hydrogen) atoms. The highest BCUT2D eigenvalue weighted by Gasteiger charge is 2.18. The number of oxazole rings is 1. The fourth-order valence-electron chi connectivity index (χ4n) is 1.61. The maximum Gasteiger partial charge on any atom is 0.345 e.